The molecule has 96 valence electrons. The maximum Gasteiger partial charge on any atom is 0.266 e. The van der Waals surface area contributed by atoms with Gasteiger partial charge in [0, 0.05) is 0 Å². The Hall–Kier alpha value is -1.87. The van der Waals surface area contributed by atoms with Crippen LogP contribution in [0.3, 0.4) is 0 Å². The standard InChI is InChI=1S/C13H9ClN2O2S/c14-11-7-6-10(19-11)13(18)16-12-5-1-3-9(15-12)4-2-8-17/h1,3,5-7,17H,8H2,(H,15,16,18). The average Bonchev–Trinajstić information content (AvgIpc) is 2.83. The smallest absolute Gasteiger partial charge is 0.266 e. The van der Waals surface area contributed by atoms with Crippen molar-refractivity contribution in [1.29, 1.82) is 0 Å². The second kappa shape index (κ2) is 6.34. The summed E-state index contributed by atoms with van der Waals surface area (Å²) in [7, 11) is 0. The van der Waals surface area contributed by atoms with E-state index in [9.17, 15) is 4.79 Å². The fraction of sp³-hybridized carbons (Fsp3) is 0.0769. The van der Waals surface area contributed by atoms with Crippen LogP contribution in [-0.2, 0) is 0 Å². The first-order valence-corrected chi connectivity index (χ1v) is 6.52. The zero-order valence-electron chi connectivity index (χ0n) is 9.68. The first-order valence-electron chi connectivity index (χ1n) is 5.32. The topological polar surface area (TPSA) is 62.2 Å². The molecule has 0 aromatic carbocycles. The maximum atomic E-state index is 11.9. The highest BCUT2D eigenvalue weighted by molar-refractivity contribution is 7.18. The van der Waals surface area contributed by atoms with Crippen molar-refractivity contribution < 1.29 is 9.90 Å². The van der Waals surface area contributed by atoms with Crippen LogP contribution < -0.4 is 5.32 Å². The second-order valence-electron chi connectivity index (χ2n) is 3.43. The molecule has 0 bridgehead atoms. The summed E-state index contributed by atoms with van der Waals surface area (Å²) in [5.74, 6) is 5.30. The van der Waals surface area contributed by atoms with E-state index in [0.29, 0.717) is 20.7 Å². The average molecular weight is 293 g/mol. The Kier molecular flexibility index (Phi) is 4.53. The van der Waals surface area contributed by atoms with Crippen molar-refractivity contribution in [1.82, 2.24) is 4.98 Å². The molecule has 2 rings (SSSR count). The molecule has 1 amide bonds. The number of hydrogen-bond donors (Lipinski definition) is 2. The molecule has 0 aliphatic rings. The quantitative estimate of drug-likeness (QED) is 0.836. The van der Waals surface area contributed by atoms with Gasteiger partial charge in [0.1, 0.15) is 18.1 Å². The molecule has 0 radical (unpaired) electrons. The van der Waals surface area contributed by atoms with Crippen molar-refractivity contribution in [2.75, 3.05) is 11.9 Å². The predicted octanol–water partition coefficient (Wildman–Crippen LogP) is 2.39. The summed E-state index contributed by atoms with van der Waals surface area (Å²) in [6.07, 6.45) is 0. The number of anilines is 1. The SMILES string of the molecule is O=C(Nc1cccc(C#CCO)n1)c1ccc(Cl)s1. The summed E-state index contributed by atoms with van der Waals surface area (Å²) in [6.45, 7) is -0.230. The van der Waals surface area contributed by atoms with Gasteiger partial charge in [-0.2, -0.15) is 0 Å². The number of hydrogen-bond acceptors (Lipinski definition) is 4. The van der Waals surface area contributed by atoms with Gasteiger partial charge in [0.05, 0.1) is 9.21 Å². The van der Waals surface area contributed by atoms with Crippen molar-refractivity contribution in [3.8, 4) is 11.8 Å². The molecule has 0 aliphatic carbocycles. The third-order valence-corrected chi connectivity index (χ3v) is 3.31. The molecule has 19 heavy (non-hydrogen) atoms. The monoisotopic (exact) mass is 292 g/mol. The number of thiophene rings is 1. The summed E-state index contributed by atoms with van der Waals surface area (Å²) in [5.41, 5.74) is 0.482. The van der Waals surface area contributed by atoms with Crippen LogP contribution >= 0.6 is 22.9 Å². The lowest BCUT2D eigenvalue weighted by atomic mass is 10.3. The molecular formula is C13H9ClN2O2S. The van der Waals surface area contributed by atoms with Crippen molar-refractivity contribution in [2.45, 2.75) is 0 Å². The third-order valence-electron chi connectivity index (χ3n) is 2.08. The van der Waals surface area contributed by atoms with E-state index in [1.807, 2.05) is 0 Å². The van der Waals surface area contributed by atoms with Gasteiger partial charge in [-0.05, 0) is 30.2 Å². The number of carbonyl (C=O) groups is 1. The minimum absolute atomic E-state index is 0.230. The van der Waals surface area contributed by atoms with Gasteiger partial charge >= 0.3 is 0 Å². The van der Waals surface area contributed by atoms with Crippen molar-refractivity contribution in [2.24, 2.45) is 0 Å². The highest BCUT2D eigenvalue weighted by Crippen LogP contribution is 2.22. The third kappa shape index (κ3) is 3.80. The molecule has 0 aliphatic heterocycles. The molecule has 6 heteroatoms. The van der Waals surface area contributed by atoms with E-state index in [4.69, 9.17) is 16.7 Å². The molecule has 2 aromatic heterocycles. The molecule has 0 saturated heterocycles. The summed E-state index contributed by atoms with van der Waals surface area (Å²) in [6, 6.07) is 8.40. The Morgan fingerprint density at radius 2 is 2.26 bits per heavy atom. The van der Waals surface area contributed by atoms with Gasteiger partial charge in [-0.15, -0.1) is 11.3 Å². The zero-order valence-corrected chi connectivity index (χ0v) is 11.3. The fourth-order valence-electron chi connectivity index (χ4n) is 1.32. The number of rotatable bonds is 2. The lowest BCUT2D eigenvalue weighted by molar-refractivity contribution is 0.103. The number of amides is 1. The molecule has 2 N–H and O–H groups in total. The number of aliphatic hydroxyl groups is 1. The van der Waals surface area contributed by atoms with Crippen LogP contribution in [0.25, 0.3) is 0 Å². The van der Waals surface area contributed by atoms with E-state index in [-0.39, 0.29) is 12.5 Å². The van der Waals surface area contributed by atoms with Crippen molar-refractivity contribution in [3.63, 3.8) is 0 Å². The zero-order chi connectivity index (χ0) is 13.7. The molecule has 0 unspecified atom stereocenters. The Balaban J connectivity index is 2.13. The molecule has 2 aromatic rings. The van der Waals surface area contributed by atoms with Gasteiger partial charge in [-0.1, -0.05) is 23.6 Å². The summed E-state index contributed by atoms with van der Waals surface area (Å²) < 4.78 is 0.556. The number of nitrogens with zero attached hydrogens (tertiary/aromatic N) is 1. The number of carbonyl (C=O) groups excluding carboxylic acids is 1. The van der Waals surface area contributed by atoms with Crippen LogP contribution in [0.15, 0.2) is 30.3 Å². The molecule has 0 atom stereocenters. The Labute approximate surface area is 119 Å². The molecule has 0 spiro atoms. The minimum atomic E-state index is -0.267. The number of pyridine rings is 1. The van der Waals surface area contributed by atoms with Crippen LogP contribution in [0.4, 0.5) is 5.82 Å². The van der Waals surface area contributed by atoms with Gasteiger partial charge in [0.2, 0.25) is 0 Å². The van der Waals surface area contributed by atoms with Crippen LogP contribution in [0.1, 0.15) is 15.4 Å². The van der Waals surface area contributed by atoms with E-state index in [1.54, 1.807) is 30.3 Å². The molecule has 0 saturated carbocycles. The number of halogens is 1. The summed E-state index contributed by atoms with van der Waals surface area (Å²) in [5, 5.41) is 11.3. The van der Waals surface area contributed by atoms with E-state index in [0.717, 1.165) is 0 Å². The van der Waals surface area contributed by atoms with Gasteiger partial charge in [0.25, 0.3) is 5.91 Å². The molecule has 0 fully saturated rings. The Morgan fingerprint density at radius 1 is 1.42 bits per heavy atom. The van der Waals surface area contributed by atoms with Crippen LogP contribution in [-0.4, -0.2) is 22.6 Å². The number of nitrogens with one attached hydrogen (secondary N) is 1. The van der Waals surface area contributed by atoms with E-state index < -0.39 is 0 Å². The van der Waals surface area contributed by atoms with Gasteiger partial charge in [-0.25, -0.2) is 4.98 Å². The van der Waals surface area contributed by atoms with Crippen molar-refractivity contribution >= 4 is 34.7 Å². The van der Waals surface area contributed by atoms with Gasteiger partial charge < -0.3 is 10.4 Å². The first kappa shape index (κ1) is 13.6. The van der Waals surface area contributed by atoms with Crippen LogP contribution in [0, 0.1) is 11.8 Å². The Bertz CT molecular complexity index is 658. The van der Waals surface area contributed by atoms with E-state index in [2.05, 4.69) is 22.1 Å². The van der Waals surface area contributed by atoms with Gasteiger partial charge in [0.15, 0.2) is 0 Å². The highest BCUT2D eigenvalue weighted by atomic mass is 35.5. The van der Waals surface area contributed by atoms with Crippen LogP contribution in [0.2, 0.25) is 4.34 Å². The first-order chi connectivity index (χ1) is 9.19. The van der Waals surface area contributed by atoms with E-state index in [1.165, 1.54) is 11.3 Å². The summed E-state index contributed by atoms with van der Waals surface area (Å²) >= 11 is 6.97. The maximum absolute atomic E-state index is 11.9. The molecular weight excluding hydrogens is 284 g/mol. The van der Waals surface area contributed by atoms with Crippen LogP contribution in [0.5, 0.6) is 0 Å². The fourth-order valence-corrected chi connectivity index (χ4v) is 2.26. The second-order valence-corrected chi connectivity index (χ2v) is 5.14. The lowest BCUT2D eigenvalue weighted by Gasteiger charge is -2.02. The number of aromatic nitrogens is 1. The highest BCUT2D eigenvalue weighted by Gasteiger charge is 2.09. The van der Waals surface area contributed by atoms with E-state index >= 15 is 0 Å². The normalized spacial score (nSPS) is 9.58. The minimum Gasteiger partial charge on any atom is -0.384 e. The lowest BCUT2D eigenvalue weighted by Crippen LogP contribution is -2.11. The van der Waals surface area contributed by atoms with Gasteiger partial charge in [-0.3, -0.25) is 4.79 Å². The largest absolute Gasteiger partial charge is 0.384 e. The molecule has 2 heterocycles. The predicted molar refractivity (Wildman–Crippen MR) is 75.5 cm³/mol. The number of aliphatic hydroxyl groups excluding tert-OH is 1. The Morgan fingerprint density at radius 3 is 2.95 bits per heavy atom. The molecule has 4 nitrogen and oxygen atoms in total. The van der Waals surface area contributed by atoms with Crippen molar-refractivity contribution in [3.05, 3.63) is 45.2 Å². The summed E-state index contributed by atoms with van der Waals surface area (Å²) in [4.78, 5) is 16.5.